The molecule has 176 valence electrons. The van der Waals surface area contributed by atoms with Crippen LogP contribution in [0.25, 0.3) is 0 Å². The lowest BCUT2D eigenvalue weighted by atomic mass is 9.92. The van der Waals surface area contributed by atoms with Crippen LogP contribution in [0, 0.1) is 11.8 Å². The quantitative estimate of drug-likeness (QED) is 0.660. The summed E-state index contributed by atoms with van der Waals surface area (Å²) in [6.45, 7) is 9.73. The molecule has 2 fully saturated rings. The molecule has 1 N–H and O–H groups in total. The lowest BCUT2D eigenvalue weighted by Crippen LogP contribution is -2.52. The fourth-order valence-corrected chi connectivity index (χ4v) is 5.02. The minimum absolute atomic E-state index is 0.0356. The van der Waals surface area contributed by atoms with Crippen LogP contribution in [-0.4, -0.2) is 75.4 Å². The number of hydrogen-bond acceptors (Lipinski definition) is 6. The number of morpholine rings is 1. The maximum absolute atomic E-state index is 13.0. The smallest absolute Gasteiger partial charge is 0.227 e. The fraction of sp³-hybridized carbons (Fsp3) is 0.667. The Bertz CT molecular complexity index is 807. The molecule has 3 aliphatic heterocycles. The third-order valence-electron chi connectivity index (χ3n) is 6.93. The van der Waals surface area contributed by atoms with Crippen LogP contribution in [0.5, 0.6) is 11.5 Å². The molecule has 0 saturated carbocycles. The van der Waals surface area contributed by atoms with Gasteiger partial charge < -0.3 is 24.4 Å². The molecule has 8 nitrogen and oxygen atoms in total. The van der Waals surface area contributed by atoms with Crippen molar-refractivity contribution in [2.24, 2.45) is 11.8 Å². The average Bonchev–Trinajstić information content (AvgIpc) is 3.23. The van der Waals surface area contributed by atoms with Crippen LogP contribution in [0.1, 0.15) is 33.1 Å². The highest BCUT2D eigenvalue weighted by atomic mass is 16.6. The van der Waals surface area contributed by atoms with Gasteiger partial charge in [0.15, 0.2) is 11.5 Å². The van der Waals surface area contributed by atoms with Gasteiger partial charge in [0.2, 0.25) is 11.8 Å². The van der Waals surface area contributed by atoms with Gasteiger partial charge in [-0.1, -0.05) is 26.7 Å². The third kappa shape index (κ3) is 5.02. The highest BCUT2D eigenvalue weighted by molar-refractivity contribution is 6.00. The fourth-order valence-electron chi connectivity index (χ4n) is 5.02. The molecule has 0 aliphatic carbocycles. The van der Waals surface area contributed by atoms with Crippen LogP contribution >= 0.6 is 0 Å². The van der Waals surface area contributed by atoms with Gasteiger partial charge in [-0.05, 0) is 18.1 Å². The van der Waals surface area contributed by atoms with Crippen molar-refractivity contribution >= 4 is 17.5 Å². The first kappa shape index (κ1) is 22.9. The number of amides is 2. The third-order valence-corrected chi connectivity index (χ3v) is 6.93. The summed E-state index contributed by atoms with van der Waals surface area (Å²) in [5.41, 5.74) is 0.748. The Morgan fingerprint density at radius 2 is 1.81 bits per heavy atom. The van der Waals surface area contributed by atoms with Gasteiger partial charge in [-0.2, -0.15) is 0 Å². The SMILES string of the molecule is CCC(CC)C(CNC(=O)C1CC(=O)N(c2ccc3c(c2)OCCO3)C1)N1CCOCC1. The maximum Gasteiger partial charge on any atom is 0.227 e. The molecule has 2 unspecified atom stereocenters. The van der Waals surface area contributed by atoms with Gasteiger partial charge >= 0.3 is 0 Å². The van der Waals surface area contributed by atoms with Crippen molar-refractivity contribution in [3.05, 3.63) is 18.2 Å². The van der Waals surface area contributed by atoms with E-state index >= 15 is 0 Å². The molecule has 1 aromatic carbocycles. The number of nitrogens with one attached hydrogen (secondary N) is 1. The Balaban J connectivity index is 1.37. The first-order chi connectivity index (χ1) is 15.6. The zero-order valence-corrected chi connectivity index (χ0v) is 19.2. The van der Waals surface area contributed by atoms with Crippen molar-refractivity contribution in [1.29, 1.82) is 0 Å². The highest BCUT2D eigenvalue weighted by Crippen LogP contribution is 2.36. The molecule has 0 spiro atoms. The van der Waals surface area contributed by atoms with Crippen molar-refractivity contribution in [1.82, 2.24) is 10.2 Å². The van der Waals surface area contributed by atoms with Gasteiger partial charge in [0.1, 0.15) is 13.2 Å². The number of rotatable bonds is 8. The molecule has 3 aliphatic rings. The van der Waals surface area contributed by atoms with E-state index in [4.69, 9.17) is 14.2 Å². The largest absolute Gasteiger partial charge is 0.486 e. The molecular formula is C24H35N3O5. The van der Waals surface area contributed by atoms with Crippen LogP contribution in [-0.2, 0) is 14.3 Å². The van der Waals surface area contributed by atoms with Crippen molar-refractivity contribution in [2.45, 2.75) is 39.2 Å². The number of carbonyl (C=O) groups is 2. The molecule has 8 heteroatoms. The van der Waals surface area contributed by atoms with E-state index in [0.717, 1.165) is 44.8 Å². The summed E-state index contributed by atoms with van der Waals surface area (Å²) >= 11 is 0. The van der Waals surface area contributed by atoms with Crippen LogP contribution in [0.15, 0.2) is 18.2 Å². The van der Waals surface area contributed by atoms with Gasteiger partial charge in [0.05, 0.1) is 19.1 Å². The minimum atomic E-state index is -0.345. The Kier molecular flexibility index (Phi) is 7.52. The second-order valence-corrected chi connectivity index (χ2v) is 8.77. The lowest BCUT2D eigenvalue weighted by molar-refractivity contribution is -0.126. The summed E-state index contributed by atoms with van der Waals surface area (Å²) in [6, 6.07) is 5.80. The molecule has 32 heavy (non-hydrogen) atoms. The number of benzene rings is 1. The van der Waals surface area contributed by atoms with Gasteiger partial charge in [0, 0.05) is 50.4 Å². The van der Waals surface area contributed by atoms with Crippen molar-refractivity contribution in [2.75, 3.05) is 57.5 Å². The monoisotopic (exact) mass is 445 g/mol. The predicted molar refractivity (Wildman–Crippen MR) is 121 cm³/mol. The van der Waals surface area contributed by atoms with Gasteiger partial charge in [0.25, 0.3) is 0 Å². The highest BCUT2D eigenvalue weighted by Gasteiger charge is 2.36. The second kappa shape index (κ2) is 10.5. The Morgan fingerprint density at radius 1 is 1.09 bits per heavy atom. The number of hydrogen-bond donors (Lipinski definition) is 1. The molecular weight excluding hydrogens is 410 g/mol. The number of fused-ring (bicyclic) bond motifs is 1. The Labute approximate surface area is 190 Å². The van der Waals surface area contributed by atoms with Crippen molar-refractivity contribution in [3.8, 4) is 11.5 Å². The Hall–Kier alpha value is -2.32. The lowest BCUT2D eigenvalue weighted by Gasteiger charge is -2.39. The molecule has 0 aromatic heterocycles. The van der Waals surface area contributed by atoms with E-state index in [2.05, 4.69) is 24.1 Å². The zero-order valence-electron chi connectivity index (χ0n) is 19.2. The zero-order chi connectivity index (χ0) is 22.5. The van der Waals surface area contributed by atoms with E-state index in [1.807, 2.05) is 18.2 Å². The number of anilines is 1. The summed E-state index contributed by atoms with van der Waals surface area (Å²) in [7, 11) is 0. The van der Waals surface area contributed by atoms with Crippen LogP contribution in [0.3, 0.4) is 0 Å². The Morgan fingerprint density at radius 3 is 2.53 bits per heavy atom. The minimum Gasteiger partial charge on any atom is -0.486 e. The predicted octanol–water partition coefficient (Wildman–Crippen LogP) is 2.06. The molecule has 4 rings (SSSR count). The second-order valence-electron chi connectivity index (χ2n) is 8.77. The van der Waals surface area contributed by atoms with Gasteiger partial charge in [-0.25, -0.2) is 0 Å². The van der Waals surface area contributed by atoms with E-state index in [0.29, 0.717) is 49.8 Å². The van der Waals surface area contributed by atoms with E-state index in [9.17, 15) is 9.59 Å². The summed E-state index contributed by atoms with van der Waals surface area (Å²) in [5.74, 6) is 1.44. The van der Waals surface area contributed by atoms with Crippen molar-refractivity contribution in [3.63, 3.8) is 0 Å². The van der Waals surface area contributed by atoms with Crippen LogP contribution in [0.4, 0.5) is 5.69 Å². The van der Waals surface area contributed by atoms with Gasteiger partial charge in [-0.15, -0.1) is 0 Å². The molecule has 0 radical (unpaired) electrons. The number of ether oxygens (including phenoxy) is 3. The van der Waals surface area contributed by atoms with E-state index in [1.165, 1.54) is 0 Å². The maximum atomic E-state index is 13.0. The summed E-state index contributed by atoms with van der Waals surface area (Å²) in [4.78, 5) is 29.8. The average molecular weight is 446 g/mol. The van der Waals surface area contributed by atoms with E-state index < -0.39 is 0 Å². The molecule has 2 amide bonds. The number of nitrogens with zero attached hydrogens (tertiary/aromatic N) is 2. The summed E-state index contributed by atoms with van der Waals surface area (Å²) < 4.78 is 16.7. The molecule has 2 atom stereocenters. The van der Waals surface area contributed by atoms with E-state index in [-0.39, 0.29) is 24.2 Å². The van der Waals surface area contributed by atoms with E-state index in [1.54, 1.807) is 4.90 Å². The standard InChI is InChI=1S/C24H35N3O5/c1-3-17(4-2)20(26-7-9-30-10-8-26)15-25-24(29)18-13-23(28)27(16-18)19-5-6-21-22(14-19)32-12-11-31-21/h5-6,14,17-18,20H,3-4,7-13,15-16H2,1-2H3,(H,25,29). The first-order valence-electron chi connectivity index (χ1n) is 11.9. The molecule has 0 bridgehead atoms. The summed E-state index contributed by atoms with van der Waals surface area (Å²) in [5, 5.41) is 3.17. The normalized spacial score (nSPS) is 22.3. The molecule has 2 saturated heterocycles. The molecule has 1 aromatic rings. The van der Waals surface area contributed by atoms with Crippen molar-refractivity contribution < 1.29 is 23.8 Å². The van der Waals surface area contributed by atoms with Crippen LogP contribution in [0.2, 0.25) is 0 Å². The summed E-state index contributed by atoms with van der Waals surface area (Å²) in [6.07, 6.45) is 2.38. The van der Waals surface area contributed by atoms with Crippen LogP contribution < -0.4 is 19.7 Å². The molecule has 3 heterocycles. The first-order valence-corrected chi connectivity index (χ1v) is 11.9. The number of carbonyl (C=O) groups excluding carboxylic acids is 2. The van der Waals surface area contributed by atoms with Gasteiger partial charge in [-0.3, -0.25) is 14.5 Å². The topological polar surface area (TPSA) is 80.3 Å².